The van der Waals surface area contributed by atoms with E-state index < -0.39 is 0 Å². The molecule has 2 aliphatic heterocycles. The van der Waals surface area contributed by atoms with E-state index in [-0.39, 0.29) is 24.0 Å². The van der Waals surface area contributed by atoms with Crippen molar-refractivity contribution in [3.8, 4) is 0 Å². The van der Waals surface area contributed by atoms with E-state index in [1.54, 1.807) is 0 Å². The summed E-state index contributed by atoms with van der Waals surface area (Å²) in [4.78, 5) is 23.9. The fourth-order valence-electron chi connectivity index (χ4n) is 4.73. The van der Waals surface area contributed by atoms with Gasteiger partial charge in [0.25, 0.3) is 0 Å². The van der Waals surface area contributed by atoms with E-state index in [2.05, 4.69) is 31.9 Å². The van der Waals surface area contributed by atoms with Crippen molar-refractivity contribution >= 4 is 35.8 Å². The van der Waals surface area contributed by atoms with E-state index >= 15 is 0 Å². The number of ether oxygens (including phenoxy) is 1. The van der Waals surface area contributed by atoms with Gasteiger partial charge in [-0.25, -0.2) is 0 Å². The van der Waals surface area contributed by atoms with Gasteiger partial charge in [0, 0.05) is 77.8 Å². The van der Waals surface area contributed by atoms with Crippen molar-refractivity contribution < 1.29 is 9.53 Å². The highest BCUT2D eigenvalue weighted by atomic mass is 127. The lowest BCUT2D eigenvalue weighted by Gasteiger charge is -2.36. The normalized spacial score (nSPS) is 24.1. The van der Waals surface area contributed by atoms with Gasteiger partial charge in [0.2, 0.25) is 5.91 Å². The molecule has 3 aliphatic rings. The fraction of sp³-hybridized carbons (Fsp3) is 0.905. The number of aliphatic imine (C=N–C) groups is 1. The Morgan fingerprint density at radius 3 is 2.45 bits per heavy atom. The molecule has 0 spiro atoms. The molecule has 7 nitrogen and oxygen atoms in total. The number of piperazine rings is 1. The first kappa shape index (κ1) is 24.7. The van der Waals surface area contributed by atoms with Crippen LogP contribution < -0.4 is 5.32 Å². The number of carbonyl (C=O) groups excluding carboxylic acids is 1. The summed E-state index contributed by atoms with van der Waals surface area (Å²) in [5.74, 6) is 2.34. The average Bonchev–Trinajstić information content (AvgIpc) is 3.42. The lowest BCUT2D eigenvalue weighted by Crippen LogP contribution is -2.52. The Hall–Kier alpha value is -0.610. The van der Waals surface area contributed by atoms with Gasteiger partial charge in [0.15, 0.2) is 5.96 Å². The molecular formula is C21H40IN5O2. The molecule has 3 rings (SSSR count). The van der Waals surface area contributed by atoms with Crippen molar-refractivity contribution in [3.63, 3.8) is 0 Å². The van der Waals surface area contributed by atoms with Crippen LogP contribution in [0.2, 0.25) is 0 Å². The van der Waals surface area contributed by atoms with Gasteiger partial charge in [-0.15, -0.1) is 24.0 Å². The van der Waals surface area contributed by atoms with Gasteiger partial charge in [-0.3, -0.25) is 14.7 Å². The number of nitrogens with zero attached hydrogens (tertiary/aromatic N) is 4. The summed E-state index contributed by atoms with van der Waals surface area (Å²) >= 11 is 0. The first-order valence-corrected chi connectivity index (χ1v) is 11.3. The quantitative estimate of drug-likeness (QED) is 0.315. The van der Waals surface area contributed by atoms with Crippen LogP contribution in [-0.4, -0.2) is 99.2 Å². The summed E-state index contributed by atoms with van der Waals surface area (Å²) in [7, 11) is 1.87. The summed E-state index contributed by atoms with van der Waals surface area (Å²) in [5, 5.41) is 3.53. The van der Waals surface area contributed by atoms with Crippen molar-refractivity contribution in [2.24, 2.45) is 16.8 Å². The Bertz CT molecular complexity index is 519. The molecule has 0 aromatic heterocycles. The number of hydrogen-bond donors (Lipinski definition) is 1. The first-order chi connectivity index (χ1) is 13.7. The van der Waals surface area contributed by atoms with Crippen LogP contribution in [0.4, 0.5) is 0 Å². The van der Waals surface area contributed by atoms with Gasteiger partial charge in [-0.1, -0.05) is 12.8 Å². The molecule has 3 fully saturated rings. The zero-order valence-electron chi connectivity index (χ0n) is 18.3. The molecule has 2 saturated heterocycles. The second-order valence-corrected chi connectivity index (χ2v) is 8.38. The Kier molecular flexibility index (Phi) is 11.0. The third kappa shape index (κ3) is 7.24. The Labute approximate surface area is 193 Å². The molecule has 29 heavy (non-hydrogen) atoms. The molecule has 1 amide bonds. The highest BCUT2D eigenvalue weighted by Crippen LogP contribution is 2.26. The standard InChI is InChI=1S/C21H39N5O2.HI/c1-3-28-17-18-8-10-26(16-18)21(22-2)23-9-11-24-12-14-25(15-13-24)20(27)19-6-4-5-7-19;/h18-19H,3-17H2,1-2H3,(H,22,23);1H. The molecule has 168 valence electrons. The largest absolute Gasteiger partial charge is 0.381 e. The summed E-state index contributed by atoms with van der Waals surface area (Å²) < 4.78 is 5.58. The predicted octanol–water partition coefficient (Wildman–Crippen LogP) is 1.87. The number of guanidine groups is 1. The van der Waals surface area contributed by atoms with Crippen LogP contribution in [0.3, 0.4) is 0 Å². The molecule has 1 aliphatic carbocycles. The molecule has 8 heteroatoms. The number of rotatable bonds is 7. The van der Waals surface area contributed by atoms with E-state index in [0.717, 1.165) is 84.4 Å². The van der Waals surface area contributed by atoms with Crippen LogP contribution >= 0.6 is 24.0 Å². The molecular weight excluding hydrogens is 481 g/mol. The van der Waals surface area contributed by atoms with Gasteiger partial charge in [0.05, 0.1) is 6.61 Å². The van der Waals surface area contributed by atoms with Crippen LogP contribution in [0, 0.1) is 11.8 Å². The minimum atomic E-state index is 0. The fourth-order valence-corrected chi connectivity index (χ4v) is 4.73. The van der Waals surface area contributed by atoms with E-state index in [4.69, 9.17) is 4.74 Å². The minimum absolute atomic E-state index is 0. The number of amides is 1. The number of nitrogens with one attached hydrogen (secondary N) is 1. The van der Waals surface area contributed by atoms with Gasteiger partial charge in [0.1, 0.15) is 0 Å². The monoisotopic (exact) mass is 521 g/mol. The zero-order chi connectivity index (χ0) is 19.8. The Morgan fingerprint density at radius 2 is 1.79 bits per heavy atom. The molecule has 0 radical (unpaired) electrons. The van der Waals surface area contributed by atoms with Gasteiger partial charge in [-0.05, 0) is 26.2 Å². The highest BCUT2D eigenvalue weighted by Gasteiger charge is 2.29. The topological polar surface area (TPSA) is 60.4 Å². The zero-order valence-corrected chi connectivity index (χ0v) is 20.6. The lowest BCUT2D eigenvalue weighted by atomic mass is 10.1. The molecule has 0 bridgehead atoms. The summed E-state index contributed by atoms with van der Waals surface area (Å²) in [5.41, 5.74) is 0. The SMILES string of the molecule is CCOCC1CCN(C(=NC)NCCN2CCN(C(=O)C3CCCC3)CC2)C1.I. The number of halogens is 1. The van der Waals surface area contributed by atoms with Crippen LogP contribution in [0.25, 0.3) is 0 Å². The van der Waals surface area contributed by atoms with Crippen LogP contribution in [0.5, 0.6) is 0 Å². The van der Waals surface area contributed by atoms with Crippen molar-refractivity contribution in [2.45, 2.75) is 39.0 Å². The average molecular weight is 521 g/mol. The van der Waals surface area contributed by atoms with Gasteiger partial charge < -0.3 is 19.9 Å². The Balaban J connectivity index is 0.00000300. The molecule has 1 atom stereocenters. The summed E-state index contributed by atoms with van der Waals surface area (Å²) in [6, 6.07) is 0. The number of hydrogen-bond acceptors (Lipinski definition) is 4. The molecule has 1 saturated carbocycles. The molecule has 1 N–H and O–H groups in total. The third-order valence-electron chi connectivity index (χ3n) is 6.45. The predicted molar refractivity (Wildman–Crippen MR) is 128 cm³/mol. The summed E-state index contributed by atoms with van der Waals surface area (Å²) in [6.07, 6.45) is 5.84. The van der Waals surface area contributed by atoms with Crippen molar-refractivity contribution in [3.05, 3.63) is 0 Å². The maximum absolute atomic E-state index is 12.6. The molecule has 0 aromatic rings. The van der Waals surface area contributed by atoms with Crippen molar-refractivity contribution in [2.75, 3.05) is 72.6 Å². The summed E-state index contributed by atoms with van der Waals surface area (Å²) in [6.45, 7) is 11.4. The first-order valence-electron chi connectivity index (χ1n) is 11.3. The number of carbonyl (C=O) groups is 1. The van der Waals surface area contributed by atoms with E-state index in [1.807, 2.05) is 7.05 Å². The molecule has 0 aromatic carbocycles. The number of likely N-dealkylation sites (tertiary alicyclic amines) is 1. The smallest absolute Gasteiger partial charge is 0.225 e. The second-order valence-electron chi connectivity index (χ2n) is 8.38. The highest BCUT2D eigenvalue weighted by molar-refractivity contribution is 14.0. The Morgan fingerprint density at radius 1 is 1.07 bits per heavy atom. The van der Waals surface area contributed by atoms with Gasteiger partial charge >= 0.3 is 0 Å². The van der Waals surface area contributed by atoms with E-state index in [0.29, 0.717) is 17.7 Å². The third-order valence-corrected chi connectivity index (χ3v) is 6.45. The van der Waals surface area contributed by atoms with Crippen LogP contribution in [-0.2, 0) is 9.53 Å². The maximum atomic E-state index is 12.6. The van der Waals surface area contributed by atoms with Crippen molar-refractivity contribution in [1.29, 1.82) is 0 Å². The van der Waals surface area contributed by atoms with Crippen LogP contribution in [0.1, 0.15) is 39.0 Å². The van der Waals surface area contributed by atoms with E-state index in [9.17, 15) is 4.79 Å². The van der Waals surface area contributed by atoms with Crippen molar-refractivity contribution in [1.82, 2.24) is 20.0 Å². The van der Waals surface area contributed by atoms with Gasteiger partial charge in [-0.2, -0.15) is 0 Å². The lowest BCUT2D eigenvalue weighted by molar-refractivity contribution is -0.137. The van der Waals surface area contributed by atoms with E-state index in [1.165, 1.54) is 19.3 Å². The van der Waals surface area contributed by atoms with Crippen LogP contribution in [0.15, 0.2) is 4.99 Å². The minimum Gasteiger partial charge on any atom is -0.381 e. The molecule has 2 heterocycles. The second kappa shape index (κ2) is 12.9. The molecule has 1 unspecified atom stereocenters. The maximum Gasteiger partial charge on any atom is 0.225 e.